The molecule has 0 saturated carbocycles. The second kappa shape index (κ2) is 7.25. The topological polar surface area (TPSA) is 64.1 Å². The molecule has 0 bridgehead atoms. The van der Waals surface area contributed by atoms with Crippen LogP contribution in [-0.4, -0.2) is 24.2 Å². The predicted molar refractivity (Wildman–Crippen MR) is 72.5 cm³/mol. The lowest BCUT2D eigenvalue weighted by Crippen LogP contribution is -2.40. The molecular formula is C13H31N3. The van der Waals surface area contributed by atoms with E-state index < -0.39 is 0 Å². The van der Waals surface area contributed by atoms with Crippen LogP contribution < -0.4 is 16.8 Å². The maximum absolute atomic E-state index is 5.93. The highest BCUT2D eigenvalue weighted by Crippen LogP contribution is 2.12. The Labute approximate surface area is 101 Å². The van der Waals surface area contributed by atoms with Gasteiger partial charge in [-0.05, 0) is 66.5 Å². The predicted octanol–water partition coefficient (Wildman–Crippen LogP) is 2.00. The molecule has 0 aromatic heterocycles. The van der Waals surface area contributed by atoms with Gasteiger partial charge in [0.2, 0.25) is 0 Å². The van der Waals surface area contributed by atoms with Crippen molar-refractivity contribution in [2.24, 2.45) is 11.5 Å². The number of hydrogen-bond donors (Lipinski definition) is 3. The summed E-state index contributed by atoms with van der Waals surface area (Å²) in [5, 5.41) is 3.58. The zero-order chi connectivity index (χ0) is 12.7. The van der Waals surface area contributed by atoms with Crippen LogP contribution in [0.4, 0.5) is 0 Å². The molecule has 5 N–H and O–H groups in total. The van der Waals surface area contributed by atoms with Crippen LogP contribution in [0.25, 0.3) is 0 Å². The van der Waals surface area contributed by atoms with Gasteiger partial charge in [0.1, 0.15) is 0 Å². The van der Waals surface area contributed by atoms with Crippen LogP contribution in [0.1, 0.15) is 59.8 Å². The first-order chi connectivity index (χ1) is 7.27. The highest BCUT2D eigenvalue weighted by Gasteiger charge is 2.15. The molecule has 0 rings (SSSR count). The van der Waals surface area contributed by atoms with Gasteiger partial charge in [-0.1, -0.05) is 6.42 Å². The third-order valence-electron chi connectivity index (χ3n) is 2.86. The highest BCUT2D eigenvalue weighted by molar-refractivity contribution is 4.77. The van der Waals surface area contributed by atoms with E-state index in [1.165, 1.54) is 12.8 Å². The van der Waals surface area contributed by atoms with Gasteiger partial charge in [0.25, 0.3) is 0 Å². The number of nitrogens with two attached hydrogens (primary N) is 2. The van der Waals surface area contributed by atoms with Crippen molar-refractivity contribution in [1.29, 1.82) is 0 Å². The van der Waals surface area contributed by atoms with Gasteiger partial charge in [0.05, 0.1) is 0 Å². The summed E-state index contributed by atoms with van der Waals surface area (Å²) >= 11 is 0. The molecular weight excluding hydrogens is 198 g/mol. The van der Waals surface area contributed by atoms with Gasteiger partial charge in [-0.15, -0.1) is 0 Å². The normalized spacial score (nSPS) is 13.1. The van der Waals surface area contributed by atoms with Crippen molar-refractivity contribution in [3.8, 4) is 0 Å². The molecule has 0 aromatic carbocycles. The first-order valence-corrected chi connectivity index (χ1v) is 6.51. The van der Waals surface area contributed by atoms with Crippen molar-refractivity contribution < 1.29 is 0 Å². The van der Waals surface area contributed by atoms with Crippen molar-refractivity contribution in [2.45, 2.75) is 70.9 Å². The Balaban J connectivity index is 3.50. The Morgan fingerprint density at radius 2 is 1.56 bits per heavy atom. The van der Waals surface area contributed by atoms with Crippen LogP contribution in [0.3, 0.4) is 0 Å². The Bertz CT molecular complexity index is 171. The monoisotopic (exact) mass is 229 g/mol. The fourth-order valence-electron chi connectivity index (χ4n) is 1.76. The van der Waals surface area contributed by atoms with Gasteiger partial charge in [-0.25, -0.2) is 0 Å². The molecule has 0 heterocycles. The van der Waals surface area contributed by atoms with Crippen molar-refractivity contribution in [2.75, 3.05) is 13.1 Å². The zero-order valence-electron chi connectivity index (χ0n) is 11.6. The van der Waals surface area contributed by atoms with E-state index in [9.17, 15) is 0 Å². The summed E-state index contributed by atoms with van der Waals surface area (Å²) in [6, 6.07) is 0. The molecule has 0 unspecified atom stereocenters. The lowest BCUT2D eigenvalue weighted by Gasteiger charge is -2.26. The minimum absolute atomic E-state index is 0.0188. The summed E-state index contributed by atoms with van der Waals surface area (Å²) in [7, 11) is 0. The molecule has 0 saturated heterocycles. The van der Waals surface area contributed by atoms with Crippen LogP contribution in [0.5, 0.6) is 0 Å². The molecule has 0 aliphatic rings. The summed E-state index contributed by atoms with van der Waals surface area (Å²) in [5.74, 6) is 0. The van der Waals surface area contributed by atoms with Gasteiger partial charge in [0, 0.05) is 11.1 Å². The van der Waals surface area contributed by atoms with Crippen molar-refractivity contribution in [3.63, 3.8) is 0 Å². The zero-order valence-corrected chi connectivity index (χ0v) is 11.6. The van der Waals surface area contributed by atoms with E-state index >= 15 is 0 Å². The Hall–Kier alpha value is -0.120. The van der Waals surface area contributed by atoms with E-state index in [-0.39, 0.29) is 11.1 Å². The number of hydrogen-bond acceptors (Lipinski definition) is 3. The van der Waals surface area contributed by atoms with E-state index in [2.05, 4.69) is 33.0 Å². The maximum atomic E-state index is 5.93. The third-order valence-corrected chi connectivity index (χ3v) is 2.86. The lowest BCUT2D eigenvalue weighted by molar-refractivity contribution is 0.346. The van der Waals surface area contributed by atoms with Gasteiger partial charge in [0.15, 0.2) is 0 Å². The van der Waals surface area contributed by atoms with Crippen LogP contribution in [0, 0.1) is 0 Å². The average Bonchev–Trinajstić information content (AvgIpc) is 2.12. The smallest absolute Gasteiger partial charge is 0.0125 e. The molecule has 3 nitrogen and oxygen atoms in total. The fourth-order valence-corrected chi connectivity index (χ4v) is 1.76. The maximum Gasteiger partial charge on any atom is 0.0125 e. The molecule has 0 aliphatic carbocycles. The van der Waals surface area contributed by atoms with Crippen molar-refractivity contribution in [3.05, 3.63) is 0 Å². The van der Waals surface area contributed by atoms with E-state index in [0.717, 1.165) is 32.4 Å². The van der Waals surface area contributed by atoms with E-state index in [1.54, 1.807) is 0 Å². The highest BCUT2D eigenvalue weighted by atomic mass is 14.9. The Morgan fingerprint density at radius 1 is 0.938 bits per heavy atom. The third kappa shape index (κ3) is 10.4. The molecule has 0 atom stereocenters. The number of rotatable bonds is 9. The molecule has 3 heteroatoms. The van der Waals surface area contributed by atoms with Gasteiger partial charge < -0.3 is 16.8 Å². The molecule has 0 spiro atoms. The first kappa shape index (κ1) is 15.9. The van der Waals surface area contributed by atoms with E-state index in [0.29, 0.717) is 0 Å². The van der Waals surface area contributed by atoms with E-state index in [1.807, 2.05) is 0 Å². The Morgan fingerprint density at radius 3 is 2.06 bits per heavy atom. The Kier molecular flexibility index (Phi) is 7.20. The van der Waals surface area contributed by atoms with Crippen LogP contribution in [0.15, 0.2) is 0 Å². The van der Waals surface area contributed by atoms with Crippen LogP contribution in [-0.2, 0) is 0 Å². The van der Waals surface area contributed by atoms with E-state index in [4.69, 9.17) is 11.5 Å². The summed E-state index contributed by atoms with van der Waals surface area (Å²) < 4.78 is 0. The molecule has 0 aromatic rings. The minimum atomic E-state index is -0.0188. The van der Waals surface area contributed by atoms with Gasteiger partial charge in [-0.3, -0.25) is 0 Å². The molecule has 0 aliphatic heterocycles. The SMILES string of the molecule is CC(C)(N)CCCCNC(C)(C)CCCN. The standard InChI is InChI=1S/C13H31N3/c1-12(2,15)8-5-6-11-16-13(3,4)9-7-10-14/h16H,5-11,14-15H2,1-4H3. The molecule has 98 valence electrons. The number of nitrogens with one attached hydrogen (secondary N) is 1. The minimum Gasteiger partial charge on any atom is -0.330 e. The first-order valence-electron chi connectivity index (χ1n) is 6.51. The van der Waals surface area contributed by atoms with Crippen LogP contribution >= 0.6 is 0 Å². The van der Waals surface area contributed by atoms with Crippen molar-refractivity contribution in [1.82, 2.24) is 5.32 Å². The second-order valence-corrected chi connectivity index (χ2v) is 6.15. The van der Waals surface area contributed by atoms with Crippen LogP contribution in [0.2, 0.25) is 0 Å². The second-order valence-electron chi connectivity index (χ2n) is 6.15. The lowest BCUT2D eigenvalue weighted by atomic mass is 9.97. The summed E-state index contributed by atoms with van der Waals surface area (Å²) in [6.45, 7) is 10.5. The number of unbranched alkanes of at least 4 members (excludes halogenated alkanes) is 1. The van der Waals surface area contributed by atoms with Gasteiger partial charge in [-0.2, -0.15) is 0 Å². The summed E-state index contributed by atoms with van der Waals surface area (Å²) in [5.41, 5.74) is 11.7. The molecule has 0 fully saturated rings. The quantitative estimate of drug-likeness (QED) is 0.530. The molecule has 16 heavy (non-hydrogen) atoms. The largest absolute Gasteiger partial charge is 0.330 e. The summed E-state index contributed by atoms with van der Waals surface area (Å²) in [4.78, 5) is 0. The molecule has 0 radical (unpaired) electrons. The average molecular weight is 229 g/mol. The van der Waals surface area contributed by atoms with Gasteiger partial charge >= 0.3 is 0 Å². The fraction of sp³-hybridized carbons (Fsp3) is 1.00. The molecule has 0 amide bonds. The van der Waals surface area contributed by atoms with Crippen molar-refractivity contribution >= 4 is 0 Å². The summed E-state index contributed by atoms with van der Waals surface area (Å²) in [6.07, 6.45) is 5.73.